The lowest BCUT2D eigenvalue weighted by Gasteiger charge is -2.38. The fraction of sp³-hybridized carbons (Fsp3) is 0.469. The van der Waals surface area contributed by atoms with Crippen molar-refractivity contribution in [3.05, 3.63) is 76.8 Å². The smallest absolute Gasteiger partial charge is 0.246 e. The minimum atomic E-state index is -1.20. The van der Waals surface area contributed by atoms with E-state index in [0.717, 1.165) is 30.4 Å². The van der Waals surface area contributed by atoms with Gasteiger partial charge in [-0.05, 0) is 60.6 Å². The molecule has 1 spiro atoms. The Labute approximate surface area is 240 Å². The van der Waals surface area contributed by atoms with Crippen LogP contribution in [0.4, 0.5) is 5.69 Å². The van der Waals surface area contributed by atoms with E-state index < -0.39 is 29.6 Å². The summed E-state index contributed by atoms with van der Waals surface area (Å²) in [6, 6.07) is 14.0. The second-order valence-corrected chi connectivity index (χ2v) is 12.5. The Morgan fingerprint density at radius 2 is 1.88 bits per heavy atom. The van der Waals surface area contributed by atoms with E-state index in [1.165, 1.54) is 0 Å². The third-order valence-electron chi connectivity index (χ3n) is 9.51. The number of nitrogens with zero attached hydrogens (tertiary/aromatic N) is 1. The molecule has 2 N–H and O–H groups in total. The number of fused-ring (bicyclic) bond motifs is 1. The lowest BCUT2D eigenvalue weighted by molar-refractivity contribution is -0.142. The number of halogens is 1. The van der Waals surface area contributed by atoms with Crippen LogP contribution in [-0.2, 0) is 25.7 Å². The molecule has 1 saturated carbocycles. The summed E-state index contributed by atoms with van der Waals surface area (Å²) < 4.78 is 6.49. The highest BCUT2D eigenvalue weighted by Crippen LogP contribution is 2.55. The molecule has 40 heavy (non-hydrogen) atoms. The van der Waals surface area contributed by atoms with Crippen LogP contribution in [0.2, 0.25) is 5.02 Å². The second-order valence-electron chi connectivity index (χ2n) is 12.0. The highest BCUT2D eigenvalue weighted by atomic mass is 35.5. The molecule has 2 bridgehead atoms. The number of ether oxygens (including phenoxy) is 1. The average molecular weight is 562 g/mol. The summed E-state index contributed by atoms with van der Waals surface area (Å²) in [5.41, 5.74) is 1.35. The van der Waals surface area contributed by atoms with Gasteiger partial charge in [0.2, 0.25) is 17.7 Å². The molecule has 0 radical (unpaired) electrons. The molecule has 0 unspecified atom stereocenters. The molecule has 2 aromatic carbocycles. The van der Waals surface area contributed by atoms with Crippen molar-refractivity contribution < 1.29 is 19.1 Å². The summed E-state index contributed by atoms with van der Waals surface area (Å²) in [5, 5.41) is 6.89. The van der Waals surface area contributed by atoms with E-state index in [0.29, 0.717) is 22.5 Å². The van der Waals surface area contributed by atoms with E-state index in [2.05, 4.69) is 24.5 Å². The molecular weight excluding hydrogens is 526 g/mol. The van der Waals surface area contributed by atoms with Crippen molar-refractivity contribution in [3.63, 3.8) is 0 Å². The number of hydrogen-bond donors (Lipinski definition) is 2. The molecule has 3 amide bonds. The van der Waals surface area contributed by atoms with Crippen LogP contribution >= 0.6 is 11.6 Å². The van der Waals surface area contributed by atoms with Gasteiger partial charge in [-0.1, -0.05) is 74.7 Å². The van der Waals surface area contributed by atoms with Crippen molar-refractivity contribution in [2.24, 2.45) is 23.7 Å². The first-order chi connectivity index (χ1) is 19.2. The molecule has 7 nitrogen and oxygen atoms in total. The number of anilines is 1. The van der Waals surface area contributed by atoms with Crippen LogP contribution in [0.1, 0.15) is 44.2 Å². The van der Waals surface area contributed by atoms with Gasteiger partial charge in [-0.15, -0.1) is 0 Å². The lowest BCUT2D eigenvalue weighted by atomic mass is 9.73. The third-order valence-corrected chi connectivity index (χ3v) is 9.76. The van der Waals surface area contributed by atoms with E-state index in [1.807, 2.05) is 55.5 Å². The maximum absolute atomic E-state index is 14.2. The van der Waals surface area contributed by atoms with Crippen molar-refractivity contribution in [1.82, 2.24) is 10.2 Å². The van der Waals surface area contributed by atoms with Gasteiger partial charge in [0.1, 0.15) is 11.6 Å². The monoisotopic (exact) mass is 561 g/mol. The predicted octanol–water partition coefficient (Wildman–Crippen LogP) is 4.88. The maximum atomic E-state index is 14.2. The van der Waals surface area contributed by atoms with Crippen LogP contribution in [0.5, 0.6) is 0 Å². The Morgan fingerprint density at radius 3 is 2.62 bits per heavy atom. The molecule has 8 atom stereocenters. The van der Waals surface area contributed by atoms with E-state index in [-0.39, 0.29) is 30.3 Å². The number of likely N-dealkylation sites (tertiary alicyclic amines) is 1. The number of amides is 3. The molecule has 0 aromatic heterocycles. The molecule has 2 aromatic rings. The van der Waals surface area contributed by atoms with Gasteiger partial charge < -0.3 is 20.3 Å². The molecule has 4 aliphatic rings. The van der Waals surface area contributed by atoms with Gasteiger partial charge in [-0.2, -0.15) is 0 Å². The Kier molecular flexibility index (Phi) is 6.99. The second kappa shape index (κ2) is 10.3. The van der Waals surface area contributed by atoms with Crippen molar-refractivity contribution in [3.8, 4) is 0 Å². The van der Waals surface area contributed by atoms with Gasteiger partial charge >= 0.3 is 0 Å². The molecule has 210 valence electrons. The van der Waals surface area contributed by atoms with Crippen LogP contribution in [-0.4, -0.2) is 46.4 Å². The average Bonchev–Trinajstić information content (AvgIpc) is 3.55. The van der Waals surface area contributed by atoms with Crippen LogP contribution < -0.4 is 10.6 Å². The number of carbonyl (C=O) groups excluding carboxylic acids is 3. The third kappa shape index (κ3) is 4.53. The molecular formula is C32H36ClN3O4. The van der Waals surface area contributed by atoms with Crippen LogP contribution in [0.15, 0.2) is 60.7 Å². The summed E-state index contributed by atoms with van der Waals surface area (Å²) in [6.07, 6.45) is 6.25. The van der Waals surface area contributed by atoms with Crippen LogP contribution in [0.3, 0.4) is 0 Å². The van der Waals surface area contributed by atoms with Gasteiger partial charge in [-0.3, -0.25) is 14.4 Å². The number of carbonyl (C=O) groups is 3. The van der Waals surface area contributed by atoms with Crippen molar-refractivity contribution in [2.45, 2.75) is 70.4 Å². The molecule has 1 aliphatic carbocycles. The highest BCUT2D eigenvalue weighted by molar-refractivity contribution is 6.30. The standard InChI is InChI=1S/C32H36ClN3O4/c1-18-6-4-8-23(16-18)34-29(37)26-25-14-15-32(40-25)27(26)31(39)36(17-21-10-12-22(33)13-11-21)28(32)30(38)35-24-9-5-7-19(2)20(24)3/h4,6,8,10-16,19-20,24-28H,5,7,9,17H2,1-3H3,(H,34,37)(H,35,38)/t19-,20-,24+,25-,26+,27-,28-,32-/m0/s1. The Bertz CT molecular complexity index is 1360. The van der Waals surface area contributed by atoms with Crippen LogP contribution in [0, 0.1) is 30.6 Å². The quantitative estimate of drug-likeness (QED) is 0.492. The molecule has 2 saturated heterocycles. The summed E-state index contributed by atoms with van der Waals surface area (Å²) in [6.45, 7) is 6.59. The van der Waals surface area contributed by atoms with E-state index >= 15 is 0 Å². The number of rotatable bonds is 6. The molecule has 3 fully saturated rings. The predicted molar refractivity (Wildman–Crippen MR) is 153 cm³/mol. The molecule has 3 heterocycles. The van der Waals surface area contributed by atoms with E-state index in [4.69, 9.17) is 16.3 Å². The highest BCUT2D eigenvalue weighted by Gasteiger charge is 2.72. The first-order valence-electron chi connectivity index (χ1n) is 14.3. The summed E-state index contributed by atoms with van der Waals surface area (Å²) in [4.78, 5) is 43.6. The largest absolute Gasteiger partial charge is 0.359 e. The zero-order chi connectivity index (χ0) is 28.2. The zero-order valence-electron chi connectivity index (χ0n) is 23.1. The lowest BCUT2D eigenvalue weighted by Crippen LogP contribution is -2.57. The molecule has 6 rings (SSSR count). The minimum Gasteiger partial charge on any atom is -0.359 e. The van der Waals surface area contributed by atoms with Gasteiger partial charge in [0.05, 0.1) is 17.9 Å². The van der Waals surface area contributed by atoms with E-state index in [9.17, 15) is 14.4 Å². The number of benzene rings is 2. The summed E-state index contributed by atoms with van der Waals surface area (Å²) in [7, 11) is 0. The number of aryl methyl sites for hydroxylation is 1. The van der Waals surface area contributed by atoms with Gasteiger partial charge in [-0.25, -0.2) is 0 Å². The Balaban J connectivity index is 1.33. The normalized spacial score (nSPS) is 34.1. The van der Waals surface area contributed by atoms with Crippen molar-refractivity contribution >= 4 is 35.0 Å². The number of hydrogen-bond acceptors (Lipinski definition) is 4. The van der Waals surface area contributed by atoms with Crippen LogP contribution in [0.25, 0.3) is 0 Å². The first-order valence-corrected chi connectivity index (χ1v) is 14.7. The summed E-state index contributed by atoms with van der Waals surface area (Å²) >= 11 is 6.11. The Hall–Kier alpha value is -3.16. The maximum Gasteiger partial charge on any atom is 0.246 e. The van der Waals surface area contributed by atoms with Crippen molar-refractivity contribution in [2.75, 3.05) is 5.32 Å². The SMILES string of the molecule is Cc1cccc(NC(=O)[C@@H]2[C@@H]3C=C[C@]4(O3)[C@@H]2C(=O)N(Cc2ccc(Cl)cc2)[C@H]4C(=O)N[C@@H]2CCC[C@H](C)[C@@H]2C)c1. The van der Waals surface area contributed by atoms with Gasteiger partial charge in [0.15, 0.2) is 0 Å². The first kappa shape index (κ1) is 27.0. The fourth-order valence-corrected chi connectivity index (χ4v) is 7.35. The van der Waals surface area contributed by atoms with Crippen molar-refractivity contribution in [1.29, 1.82) is 0 Å². The van der Waals surface area contributed by atoms with Gasteiger partial charge in [0.25, 0.3) is 0 Å². The van der Waals surface area contributed by atoms with Gasteiger partial charge in [0, 0.05) is 23.3 Å². The topological polar surface area (TPSA) is 87.7 Å². The number of nitrogens with one attached hydrogen (secondary N) is 2. The zero-order valence-corrected chi connectivity index (χ0v) is 23.9. The Morgan fingerprint density at radius 1 is 1.10 bits per heavy atom. The van der Waals surface area contributed by atoms with E-state index in [1.54, 1.807) is 17.0 Å². The fourth-order valence-electron chi connectivity index (χ4n) is 7.22. The molecule has 8 heteroatoms. The minimum absolute atomic E-state index is 0.0298. The summed E-state index contributed by atoms with van der Waals surface area (Å²) in [5.74, 6) is -1.43. The molecule has 3 aliphatic heterocycles.